The van der Waals surface area contributed by atoms with Crippen LogP contribution in [0.25, 0.3) is 0 Å². The van der Waals surface area contributed by atoms with Gasteiger partial charge in [0.1, 0.15) is 17.3 Å². The van der Waals surface area contributed by atoms with Gasteiger partial charge in [-0.05, 0) is 98.0 Å². The van der Waals surface area contributed by atoms with Crippen LogP contribution in [0.1, 0.15) is 358 Å². The van der Waals surface area contributed by atoms with E-state index in [0.717, 1.165) is 57.2 Å². The normalized spacial score (nSPS) is 12.3. The number of esters is 1. The summed E-state index contributed by atoms with van der Waals surface area (Å²) in [5.74, 6) is 2.35. The average Bonchev–Trinajstić information content (AvgIpc) is 1.53. The number of hydrogen-bond donors (Lipinski definition) is 0. The van der Waals surface area contributed by atoms with Crippen LogP contribution in [0.2, 0.25) is 0 Å². The second-order valence-electron chi connectivity index (χ2n) is 33.6. The van der Waals surface area contributed by atoms with Crippen molar-refractivity contribution in [3.63, 3.8) is 0 Å². The maximum atomic E-state index is 11.2. The first-order chi connectivity index (χ1) is 50.0. The number of carbonyl (C=O) groups excluding carboxylic acids is 6. The molecule has 8 nitrogen and oxygen atoms in total. The predicted molar refractivity (Wildman–Crippen MR) is 502 cm³/mol. The highest BCUT2D eigenvalue weighted by atomic mass is 16.5. The number of likely N-dealkylation sites (tertiary alicyclic amines) is 1. The molecule has 0 bridgehead atoms. The molecule has 0 radical (unpaired) electrons. The van der Waals surface area contributed by atoms with E-state index in [4.69, 9.17) is 0 Å². The van der Waals surface area contributed by atoms with Crippen LogP contribution in [0.15, 0.2) is 212 Å². The number of methoxy groups -OCH3 is 1. The number of carbonyl (C=O) groups is 6. The van der Waals surface area contributed by atoms with Crippen molar-refractivity contribution in [1.29, 1.82) is 0 Å². The first-order valence-corrected chi connectivity index (χ1v) is 39.8. The molecule has 3 aliphatic rings. The summed E-state index contributed by atoms with van der Waals surface area (Å²) in [6, 6.07) is 72.7. The zero-order valence-corrected chi connectivity index (χ0v) is 72.2. The van der Waals surface area contributed by atoms with Crippen LogP contribution >= 0.6 is 0 Å². The van der Waals surface area contributed by atoms with Crippen molar-refractivity contribution >= 4 is 35.0 Å². The second kappa shape index (κ2) is 66.4. The molecule has 640 valence electrons. The van der Waals surface area contributed by atoms with Gasteiger partial charge in [-0.3, -0.25) is 28.8 Å². The molecule has 0 unspecified atom stereocenters. The molecule has 10 rings (SSSR count). The van der Waals surface area contributed by atoms with Gasteiger partial charge in [0.15, 0.2) is 5.78 Å². The van der Waals surface area contributed by atoms with Gasteiger partial charge in [-0.1, -0.05) is 448 Å². The molecule has 0 atom stereocenters. The Morgan fingerprint density at radius 3 is 0.611 bits per heavy atom. The van der Waals surface area contributed by atoms with E-state index in [2.05, 4.69) is 311 Å². The number of ketones is 4. The van der Waals surface area contributed by atoms with Crippen LogP contribution in [0.4, 0.5) is 0 Å². The molecule has 2 saturated carbocycles. The van der Waals surface area contributed by atoms with E-state index in [1.807, 2.05) is 69.9 Å². The summed E-state index contributed by atoms with van der Waals surface area (Å²) in [5.41, 5.74) is 11.0. The van der Waals surface area contributed by atoms with Gasteiger partial charge < -0.3 is 9.64 Å². The third kappa shape index (κ3) is 61.3. The average molecular weight is 1560 g/mol. The lowest BCUT2D eigenvalue weighted by atomic mass is 9.85. The summed E-state index contributed by atoms with van der Waals surface area (Å²) in [4.78, 5) is 65.2. The number of benzene rings is 7. The zero-order valence-electron chi connectivity index (χ0n) is 72.2. The zero-order chi connectivity index (χ0) is 81.7. The van der Waals surface area contributed by atoms with Gasteiger partial charge >= 0.3 is 5.97 Å². The lowest BCUT2D eigenvalue weighted by Gasteiger charge is -2.29. The fourth-order valence-electron chi connectivity index (χ4n) is 10.6. The molecule has 7 aromatic carbocycles. The Bertz CT molecular complexity index is 2970. The summed E-state index contributed by atoms with van der Waals surface area (Å²) in [5, 5.41) is 0. The van der Waals surface area contributed by atoms with E-state index in [1.165, 1.54) is 85.9 Å². The van der Waals surface area contributed by atoms with Crippen molar-refractivity contribution < 1.29 is 33.5 Å². The highest BCUT2D eigenvalue weighted by Crippen LogP contribution is 2.28. The van der Waals surface area contributed by atoms with Crippen LogP contribution in [0, 0.1) is 11.8 Å². The van der Waals surface area contributed by atoms with Gasteiger partial charge in [0, 0.05) is 76.4 Å². The SMILES string of the molecule is C.C.C.C.C.C.CC(=O)N1CCC1.CC(C)(C)c1ccccc1.CC(C)(C)c1ccccc1.CC(C)(C)c1ccccc1.CC(C)(C)c1ccccc1.CC(C)(C)c1ccccc1.CC(C)(C)c1ccccc1.CCC(=O)C1CCCC1.CCC(=O)C1CCCCC1.CCC(=O)CC.CCC(=O)c1ccccc1.COC(C)=O. The molecule has 2 aliphatic carbocycles. The van der Waals surface area contributed by atoms with Gasteiger partial charge in [-0.15, -0.1) is 0 Å². The van der Waals surface area contributed by atoms with E-state index in [1.54, 1.807) is 6.92 Å². The standard InChI is InChI=1S/6C10H14.C9H16O.C9H10O.C8H14O.C5H9NO.C5H10O.C3H6O2.6CH4/c6*1-10(2,3)9-7-5-4-6-8-9;2*1-2-9(10)8-6-4-3-5-7-8;1-2-8(9)7-5-3-4-6-7;1-5(7)6-3-2-4-6;1-3-5(6)4-2;1-3(4)5-2;;;;;;/h6*4-8H,1-3H3;8H,2-7H2,1H3;3-7H,2H2,1H3;7H,2-6H2,1H3;2-4H2,1H3;3-4H2,1-2H3;1-2H3;6*1H4. The minimum Gasteiger partial charge on any atom is -0.469 e. The molecule has 8 heteroatoms. The Morgan fingerprint density at radius 1 is 0.301 bits per heavy atom. The fraction of sp³-hybridized carbons (Fsp3) is 0.543. The van der Waals surface area contributed by atoms with Crippen molar-refractivity contribution in [2.24, 2.45) is 11.8 Å². The largest absolute Gasteiger partial charge is 0.469 e. The number of nitrogens with zero attached hydrogens (tertiary/aromatic N) is 1. The third-order valence-electron chi connectivity index (χ3n) is 18.2. The molecule has 1 aliphatic heterocycles. The summed E-state index contributed by atoms with van der Waals surface area (Å²) >= 11 is 0. The molecule has 1 saturated heterocycles. The quantitative estimate of drug-likeness (QED) is 0.110. The van der Waals surface area contributed by atoms with Crippen LogP contribution in [0.5, 0.6) is 0 Å². The van der Waals surface area contributed by atoms with E-state index in [0.29, 0.717) is 80.9 Å². The lowest BCUT2D eigenvalue weighted by molar-refractivity contribution is -0.138. The molecule has 0 spiro atoms. The summed E-state index contributed by atoms with van der Waals surface area (Å²) in [6.07, 6.45) is 15.7. The first-order valence-electron chi connectivity index (χ1n) is 39.8. The van der Waals surface area contributed by atoms with Crippen LogP contribution in [-0.4, -0.2) is 60.1 Å². The predicted octanol–water partition coefficient (Wildman–Crippen LogP) is 30.5. The van der Waals surface area contributed by atoms with Crippen molar-refractivity contribution in [3.05, 3.63) is 251 Å². The van der Waals surface area contributed by atoms with Gasteiger partial charge in [-0.2, -0.15) is 0 Å². The van der Waals surface area contributed by atoms with Gasteiger partial charge in [0.2, 0.25) is 5.91 Å². The molecule has 0 aromatic heterocycles. The van der Waals surface area contributed by atoms with Crippen LogP contribution in [0.3, 0.4) is 0 Å². The van der Waals surface area contributed by atoms with E-state index in [9.17, 15) is 28.8 Å². The minimum absolute atomic E-state index is 0. The molecule has 1 heterocycles. The Hall–Kier alpha value is -7.84. The van der Waals surface area contributed by atoms with Gasteiger partial charge in [-0.25, -0.2) is 0 Å². The van der Waals surface area contributed by atoms with Crippen molar-refractivity contribution in [2.45, 2.75) is 346 Å². The second-order valence-corrected chi connectivity index (χ2v) is 33.6. The highest BCUT2D eigenvalue weighted by molar-refractivity contribution is 5.95. The topological polar surface area (TPSA) is 115 Å². The number of Topliss-reactive ketones (excluding diaryl/α,β-unsaturated/α-hetero) is 4. The first kappa shape index (κ1) is 121. The Kier molecular flexibility index (Phi) is 71.1. The Labute approximate surface area is 699 Å². The van der Waals surface area contributed by atoms with E-state index < -0.39 is 0 Å². The molecular formula is C105H173NO7. The van der Waals surface area contributed by atoms with E-state index >= 15 is 0 Å². The molecule has 1 amide bonds. The van der Waals surface area contributed by atoms with Crippen LogP contribution < -0.4 is 0 Å². The number of ether oxygens (including phenoxy) is 1. The maximum Gasteiger partial charge on any atom is 0.302 e. The number of hydrogen-bond acceptors (Lipinski definition) is 7. The lowest BCUT2D eigenvalue weighted by Crippen LogP contribution is -2.40. The summed E-state index contributed by atoms with van der Waals surface area (Å²) < 4.78 is 4.11. The minimum atomic E-state index is -0.245. The van der Waals surface area contributed by atoms with Crippen molar-refractivity contribution in [1.82, 2.24) is 4.90 Å². The number of rotatable bonds is 8. The number of amides is 1. The third-order valence-corrected chi connectivity index (χ3v) is 18.2. The fourth-order valence-corrected chi connectivity index (χ4v) is 10.6. The maximum absolute atomic E-state index is 11.2. The molecule has 3 fully saturated rings. The molecule has 113 heavy (non-hydrogen) atoms. The van der Waals surface area contributed by atoms with E-state index in [-0.39, 0.29) is 62.2 Å². The van der Waals surface area contributed by atoms with Gasteiger partial charge in [0.25, 0.3) is 0 Å². The Morgan fingerprint density at radius 2 is 0.496 bits per heavy atom. The monoisotopic (exact) mass is 1560 g/mol. The van der Waals surface area contributed by atoms with Crippen molar-refractivity contribution in [2.75, 3.05) is 20.2 Å². The molecule has 0 N–H and O–H groups in total. The van der Waals surface area contributed by atoms with Crippen LogP contribution in [-0.2, 0) is 61.2 Å². The smallest absolute Gasteiger partial charge is 0.302 e. The summed E-state index contributed by atoms with van der Waals surface area (Å²) in [7, 11) is 1.35. The highest BCUT2D eigenvalue weighted by Gasteiger charge is 2.22. The summed E-state index contributed by atoms with van der Waals surface area (Å²) in [6.45, 7) is 54.5. The molecular weight excluding hydrogens is 1390 g/mol. The van der Waals surface area contributed by atoms with Crippen molar-refractivity contribution in [3.8, 4) is 0 Å². The molecule has 7 aromatic rings. The Balaban J connectivity index is -0.000000177. The van der Waals surface area contributed by atoms with Gasteiger partial charge in [0.05, 0.1) is 7.11 Å².